The van der Waals surface area contributed by atoms with Crippen molar-refractivity contribution in [1.29, 1.82) is 0 Å². The molecule has 1 N–H and O–H groups in total. The fourth-order valence-electron chi connectivity index (χ4n) is 3.65. The van der Waals surface area contributed by atoms with Gasteiger partial charge in [0.2, 0.25) is 16.9 Å². The number of nitrogens with one attached hydrogen (secondary N) is 1. The third-order valence-electron chi connectivity index (χ3n) is 5.22. The Kier molecular flexibility index (Phi) is 6.29. The number of hydrogen-bond donors (Lipinski definition) is 1. The van der Waals surface area contributed by atoms with Crippen molar-refractivity contribution in [2.24, 2.45) is 0 Å². The second-order valence-electron chi connectivity index (χ2n) is 7.26. The van der Waals surface area contributed by atoms with Crippen LogP contribution in [0.5, 0.6) is 0 Å². The van der Waals surface area contributed by atoms with Crippen molar-refractivity contribution in [1.82, 2.24) is 10.2 Å². The molecule has 9 heteroatoms. The Morgan fingerprint density at radius 1 is 1.26 bits per heavy atom. The fraction of sp³-hybridized carbons (Fsp3) is 0.273. The molecule has 6 nitrogen and oxygen atoms in total. The average Bonchev–Trinajstić information content (AvgIpc) is 3.37. The monoisotopic (exact) mass is 458 g/mol. The van der Waals surface area contributed by atoms with Gasteiger partial charge >= 0.3 is 0 Å². The summed E-state index contributed by atoms with van der Waals surface area (Å²) in [6.07, 6.45) is 0.973. The van der Waals surface area contributed by atoms with Crippen molar-refractivity contribution >= 4 is 45.6 Å². The predicted molar refractivity (Wildman–Crippen MR) is 119 cm³/mol. The van der Waals surface area contributed by atoms with E-state index in [-0.39, 0.29) is 28.8 Å². The molecule has 4 rings (SSSR count). The van der Waals surface area contributed by atoms with E-state index in [1.807, 2.05) is 24.3 Å². The number of amides is 2. The van der Waals surface area contributed by atoms with Crippen LogP contribution >= 0.6 is 22.9 Å². The molecule has 0 radical (unpaired) electrons. The maximum atomic E-state index is 13.9. The average molecular weight is 459 g/mol. The summed E-state index contributed by atoms with van der Waals surface area (Å²) in [7, 11) is 0. The number of aryl methyl sites for hydroxylation is 1. The lowest BCUT2D eigenvalue weighted by Gasteiger charge is -2.19. The molecule has 31 heavy (non-hydrogen) atoms. The Bertz CT molecular complexity index is 1120. The highest BCUT2D eigenvalue weighted by atomic mass is 35.5. The fourth-order valence-corrected chi connectivity index (χ4v) is 4.73. The summed E-state index contributed by atoms with van der Waals surface area (Å²) in [5, 5.41) is 12.0. The van der Waals surface area contributed by atoms with Crippen LogP contribution in [0.25, 0.3) is 0 Å². The zero-order chi connectivity index (χ0) is 22.0. The molecule has 1 aliphatic heterocycles. The first-order valence-corrected chi connectivity index (χ1v) is 11.1. The summed E-state index contributed by atoms with van der Waals surface area (Å²) in [5.74, 6) is -1.02. The highest BCUT2D eigenvalue weighted by molar-refractivity contribution is 7.15. The highest BCUT2D eigenvalue weighted by Crippen LogP contribution is 2.35. The van der Waals surface area contributed by atoms with Gasteiger partial charge in [-0.15, -0.1) is 10.2 Å². The molecule has 1 unspecified atom stereocenters. The molecule has 0 saturated carbocycles. The SMILES string of the molecule is CCc1ccccc1N1CC(c2nnc(NC(=O)Cc3c(F)cccc3Cl)s2)CC1=O. The van der Waals surface area contributed by atoms with Crippen molar-refractivity contribution in [2.75, 3.05) is 16.8 Å². The minimum atomic E-state index is -0.530. The third-order valence-corrected chi connectivity index (χ3v) is 6.58. The van der Waals surface area contributed by atoms with Crippen LogP contribution in [0.4, 0.5) is 15.2 Å². The largest absolute Gasteiger partial charge is 0.311 e. The number of aromatic nitrogens is 2. The van der Waals surface area contributed by atoms with Crippen LogP contribution in [0.15, 0.2) is 42.5 Å². The highest BCUT2D eigenvalue weighted by Gasteiger charge is 2.34. The molecule has 1 fully saturated rings. The van der Waals surface area contributed by atoms with Crippen molar-refractivity contribution in [2.45, 2.75) is 32.1 Å². The van der Waals surface area contributed by atoms with E-state index in [4.69, 9.17) is 11.6 Å². The van der Waals surface area contributed by atoms with Gasteiger partial charge in [0, 0.05) is 35.2 Å². The van der Waals surface area contributed by atoms with Gasteiger partial charge in [-0.25, -0.2) is 4.39 Å². The Balaban J connectivity index is 1.43. The van der Waals surface area contributed by atoms with Crippen LogP contribution in [0.3, 0.4) is 0 Å². The van der Waals surface area contributed by atoms with Gasteiger partial charge < -0.3 is 10.2 Å². The number of rotatable bonds is 6. The second-order valence-corrected chi connectivity index (χ2v) is 8.67. The lowest BCUT2D eigenvalue weighted by Crippen LogP contribution is -2.25. The van der Waals surface area contributed by atoms with Crippen LogP contribution in [0, 0.1) is 5.82 Å². The number of hydrogen-bond acceptors (Lipinski definition) is 5. The van der Waals surface area contributed by atoms with Gasteiger partial charge in [0.1, 0.15) is 10.8 Å². The first kappa shape index (κ1) is 21.4. The number of halogens is 2. The molecular weight excluding hydrogens is 439 g/mol. The molecule has 2 heterocycles. The Hall–Kier alpha value is -2.84. The Morgan fingerprint density at radius 2 is 2.06 bits per heavy atom. The summed E-state index contributed by atoms with van der Waals surface area (Å²) in [5.41, 5.74) is 2.18. The molecular formula is C22H20ClFN4O2S. The number of carbonyl (C=O) groups excluding carboxylic acids is 2. The second kappa shape index (κ2) is 9.11. The number of benzene rings is 2. The quantitative estimate of drug-likeness (QED) is 0.586. The van der Waals surface area contributed by atoms with Gasteiger partial charge in [0.25, 0.3) is 0 Å². The topological polar surface area (TPSA) is 75.2 Å². The normalized spacial score (nSPS) is 16.0. The Labute approximate surface area is 188 Å². The first-order chi connectivity index (χ1) is 15.0. The van der Waals surface area contributed by atoms with Crippen molar-refractivity contribution in [3.8, 4) is 0 Å². The van der Waals surface area contributed by atoms with E-state index >= 15 is 0 Å². The molecule has 2 amide bonds. The molecule has 0 spiro atoms. The van der Waals surface area contributed by atoms with Gasteiger partial charge in [-0.2, -0.15) is 0 Å². The standard InChI is InChI=1S/C22H20ClFN4O2S/c1-2-13-6-3-4-9-18(13)28-12-14(10-20(28)30)21-26-27-22(31-21)25-19(29)11-15-16(23)7-5-8-17(15)24/h3-9,14H,2,10-12H2,1H3,(H,25,27,29). The Morgan fingerprint density at radius 3 is 2.84 bits per heavy atom. The van der Waals surface area contributed by atoms with Crippen LogP contribution in [0.2, 0.25) is 5.02 Å². The van der Waals surface area contributed by atoms with E-state index in [0.29, 0.717) is 23.1 Å². The number of anilines is 2. The van der Waals surface area contributed by atoms with Gasteiger partial charge in [0.05, 0.1) is 6.42 Å². The zero-order valence-corrected chi connectivity index (χ0v) is 18.3. The van der Waals surface area contributed by atoms with Crippen LogP contribution in [0.1, 0.15) is 35.4 Å². The molecule has 3 aromatic rings. The van der Waals surface area contributed by atoms with Gasteiger partial charge in [-0.05, 0) is 30.2 Å². The summed E-state index contributed by atoms with van der Waals surface area (Å²) in [6, 6.07) is 12.2. The van der Waals surface area contributed by atoms with Crippen LogP contribution in [-0.4, -0.2) is 28.6 Å². The van der Waals surface area contributed by atoms with Gasteiger partial charge in [-0.1, -0.05) is 54.1 Å². The molecule has 1 atom stereocenters. The molecule has 0 bridgehead atoms. The number of para-hydroxylation sites is 1. The van der Waals surface area contributed by atoms with Crippen molar-refractivity contribution in [3.63, 3.8) is 0 Å². The van der Waals surface area contributed by atoms with E-state index in [2.05, 4.69) is 22.4 Å². The van der Waals surface area contributed by atoms with Crippen molar-refractivity contribution in [3.05, 3.63) is 69.4 Å². The number of carbonyl (C=O) groups is 2. The van der Waals surface area contributed by atoms with E-state index in [1.54, 1.807) is 4.90 Å². The van der Waals surface area contributed by atoms with E-state index < -0.39 is 11.7 Å². The smallest absolute Gasteiger partial charge is 0.230 e. The van der Waals surface area contributed by atoms with Crippen molar-refractivity contribution < 1.29 is 14.0 Å². The van der Waals surface area contributed by atoms with E-state index in [0.717, 1.165) is 17.7 Å². The maximum Gasteiger partial charge on any atom is 0.230 e. The van der Waals surface area contributed by atoms with E-state index in [1.165, 1.54) is 29.5 Å². The minimum absolute atomic E-state index is 0.0425. The lowest BCUT2D eigenvalue weighted by atomic mass is 10.1. The minimum Gasteiger partial charge on any atom is -0.311 e. The predicted octanol–water partition coefficient (Wildman–Crippen LogP) is 4.59. The summed E-state index contributed by atoms with van der Waals surface area (Å²) < 4.78 is 13.9. The lowest BCUT2D eigenvalue weighted by molar-refractivity contribution is -0.117. The first-order valence-electron chi connectivity index (χ1n) is 9.90. The molecule has 0 aliphatic carbocycles. The summed E-state index contributed by atoms with van der Waals surface area (Å²) in [6.45, 7) is 2.58. The molecule has 2 aromatic carbocycles. The third kappa shape index (κ3) is 4.60. The van der Waals surface area contributed by atoms with Gasteiger partial charge in [-0.3, -0.25) is 9.59 Å². The summed E-state index contributed by atoms with van der Waals surface area (Å²) in [4.78, 5) is 26.8. The van der Waals surface area contributed by atoms with E-state index in [9.17, 15) is 14.0 Å². The summed E-state index contributed by atoms with van der Waals surface area (Å²) >= 11 is 7.21. The van der Waals surface area contributed by atoms with Crippen LogP contribution < -0.4 is 10.2 Å². The zero-order valence-electron chi connectivity index (χ0n) is 16.8. The molecule has 1 aliphatic rings. The maximum absolute atomic E-state index is 13.9. The molecule has 1 aromatic heterocycles. The van der Waals surface area contributed by atoms with Crippen LogP contribution in [-0.2, 0) is 22.4 Å². The molecule has 1 saturated heterocycles. The number of nitrogens with zero attached hydrogens (tertiary/aromatic N) is 3. The van der Waals surface area contributed by atoms with Gasteiger partial charge in [0.15, 0.2) is 0 Å². The molecule has 160 valence electrons.